The third kappa shape index (κ3) is 4.81. The number of amides is 1. The Hall–Kier alpha value is -2.86. The summed E-state index contributed by atoms with van der Waals surface area (Å²) in [7, 11) is 1.61. The molecule has 6 nitrogen and oxygen atoms in total. The zero-order chi connectivity index (χ0) is 17.5. The Labute approximate surface area is 147 Å². The van der Waals surface area contributed by atoms with E-state index in [1.807, 2.05) is 36.4 Å². The predicted octanol–water partition coefficient (Wildman–Crippen LogP) is 2.58. The fourth-order valence-corrected chi connectivity index (χ4v) is 2.54. The molecule has 0 radical (unpaired) electrons. The number of methoxy groups -OCH3 is 1. The number of morpholine rings is 1. The van der Waals surface area contributed by atoms with E-state index in [9.17, 15) is 4.79 Å². The molecule has 1 aliphatic rings. The lowest BCUT2D eigenvalue weighted by Crippen LogP contribution is -2.36. The minimum Gasteiger partial charge on any atom is -0.497 e. The SMILES string of the molecule is COc1cccc(/C=C/C(=O)Nc2ccc(N3CCOCC3)nc2)c1. The molecule has 0 aliphatic carbocycles. The zero-order valence-corrected chi connectivity index (χ0v) is 14.1. The fraction of sp³-hybridized carbons (Fsp3) is 0.263. The fourth-order valence-electron chi connectivity index (χ4n) is 2.54. The van der Waals surface area contributed by atoms with Crippen LogP contribution in [0.25, 0.3) is 6.08 Å². The van der Waals surface area contributed by atoms with Crippen LogP contribution in [0.5, 0.6) is 5.75 Å². The second-order valence-corrected chi connectivity index (χ2v) is 5.60. The Kier molecular flexibility index (Phi) is 5.64. The second-order valence-electron chi connectivity index (χ2n) is 5.60. The molecule has 1 amide bonds. The molecule has 0 saturated carbocycles. The molecule has 0 bridgehead atoms. The Bertz CT molecular complexity index is 738. The Morgan fingerprint density at radius 2 is 2.12 bits per heavy atom. The number of nitrogens with zero attached hydrogens (tertiary/aromatic N) is 2. The topological polar surface area (TPSA) is 63.7 Å². The van der Waals surface area contributed by atoms with Crippen LogP contribution in [0.15, 0.2) is 48.7 Å². The van der Waals surface area contributed by atoms with Crippen molar-refractivity contribution in [2.75, 3.05) is 43.6 Å². The average molecular weight is 339 g/mol. The molecule has 0 unspecified atom stereocenters. The maximum atomic E-state index is 12.0. The summed E-state index contributed by atoms with van der Waals surface area (Å²) in [5.41, 5.74) is 1.56. The number of aromatic nitrogens is 1. The first-order valence-electron chi connectivity index (χ1n) is 8.16. The molecule has 1 saturated heterocycles. The van der Waals surface area contributed by atoms with Gasteiger partial charge in [0.2, 0.25) is 5.91 Å². The molecule has 6 heteroatoms. The molecule has 2 heterocycles. The zero-order valence-electron chi connectivity index (χ0n) is 14.1. The predicted molar refractivity (Wildman–Crippen MR) is 97.9 cm³/mol. The summed E-state index contributed by atoms with van der Waals surface area (Å²) in [6.07, 6.45) is 4.90. The molecule has 0 atom stereocenters. The summed E-state index contributed by atoms with van der Waals surface area (Å²) >= 11 is 0. The molecule has 1 aliphatic heterocycles. The number of nitrogens with one attached hydrogen (secondary N) is 1. The van der Waals surface area contributed by atoms with Crippen LogP contribution in [0.4, 0.5) is 11.5 Å². The number of pyridine rings is 1. The van der Waals surface area contributed by atoms with Crippen molar-refractivity contribution >= 4 is 23.5 Å². The quantitative estimate of drug-likeness (QED) is 0.848. The molecular weight excluding hydrogens is 318 g/mol. The van der Waals surface area contributed by atoms with Crippen LogP contribution in [0.1, 0.15) is 5.56 Å². The summed E-state index contributed by atoms with van der Waals surface area (Å²) in [6.45, 7) is 3.11. The van der Waals surface area contributed by atoms with Crippen LogP contribution in [-0.4, -0.2) is 44.3 Å². The molecule has 1 N–H and O–H groups in total. The second kappa shape index (κ2) is 8.30. The third-order valence-corrected chi connectivity index (χ3v) is 3.87. The third-order valence-electron chi connectivity index (χ3n) is 3.87. The number of hydrogen-bond donors (Lipinski definition) is 1. The lowest BCUT2D eigenvalue weighted by molar-refractivity contribution is -0.111. The molecule has 3 rings (SSSR count). The Balaban J connectivity index is 1.57. The van der Waals surface area contributed by atoms with E-state index in [4.69, 9.17) is 9.47 Å². The number of benzene rings is 1. The summed E-state index contributed by atoms with van der Waals surface area (Å²) in [6, 6.07) is 11.3. The number of hydrogen-bond acceptors (Lipinski definition) is 5. The van der Waals surface area contributed by atoms with E-state index in [1.165, 1.54) is 6.08 Å². The van der Waals surface area contributed by atoms with Gasteiger partial charge < -0.3 is 19.7 Å². The maximum Gasteiger partial charge on any atom is 0.248 e. The van der Waals surface area contributed by atoms with Crippen LogP contribution in [-0.2, 0) is 9.53 Å². The molecule has 1 fully saturated rings. The number of carbonyl (C=O) groups is 1. The van der Waals surface area contributed by atoms with E-state index in [2.05, 4.69) is 15.2 Å². The van der Waals surface area contributed by atoms with Crippen LogP contribution in [0.3, 0.4) is 0 Å². The molecular formula is C19H21N3O3. The minimum atomic E-state index is -0.205. The van der Waals surface area contributed by atoms with Gasteiger partial charge in [0.1, 0.15) is 11.6 Å². The lowest BCUT2D eigenvalue weighted by Gasteiger charge is -2.27. The van der Waals surface area contributed by atoms with Gasteiger partial charge in [0.25, 0.3) is 0 Å². The molecule has 1 aromatic carbocycles. The van der Waals surface area contributed by atoms with Crippen molar-refractivity contribution in [2.24, 2.45) is 0 Å². The van der Waals surface area contributed by atoms with Gasteiger partial charge in [-0.2, -0.15) is 0 Å². The van der Waals surface area contributed by atoms with Crippen molar-refractivity contribution in [1.29, 1.82) is 0 Å². The highest BCUT2D eigenvalue weighted by molar-refractivity contribution is 6.01. The monoisotopic (exact) mass is 339 g/mol. The van der Waals surface area contributed by atoms with Gasteiger partial charge in [0, 0.05) is 19.2 Å². The van der Waals surface area contributed by atoms with Gasteiger partial charge in [-0.3, -0.25) is 4.79 Å². The first kappa shape index (κ1) is 17.0. The van der Waals surface area contributed by atoms with E-state index < -0.39 is 0 Å². The average Bonchev–Trinajstić information content (AvgIpc) is 2.68. The van der Waals surface area contributed by atoms with Gasteiger partial charge in [-0.25, -0.2) is 4.98 Å². The number of anilines is 2. The van der Waals surface area contributed by atoms with Gasteiger partial charge in [0.15, 0.2) is 0 Å². The van der Waals surface area contributed by atoms with Gasteiger partial charge in [-0.1, -0.05) is 12.1 Å². The first-order valence-corrected chi connectivity index (χ1v) is 8.16. The maximum absolute atomic E-state index is 12.0. The molecule has 2 aromatic rings. The van der Waals surface area contributed by atoms with E-state index >= 15 is 0 Å². The van der Waals surface area contributed by atoms with E-state index in [0.29, 0.717) is 5.69 Å². The highest BCUT2D eigenvalue weighted by Crippen LogP contribution is 2.16. The first-order chi connectivity index (χ1) is 12.2. The van der Waals surface area contributed by atoms with E-state index in [1.54, 1.807) is 19.4 Å². The van der Waals surface area contributed by atoms with Crippen LogP contribution in [0, 0.1) is 0 Å². The summed E-state index contributed by atoms with van der Waals surface area (Å²) < 4.78 is 10.5. The van der Waals surface area contributed by atoms with Crippen molar-refractivity contribution in [3.8, 4) is 5.75 Å². The number of rotatable bonds is 5. The molecule has 25 heavy (non-hydrogen) atoms. The number of carbonyl (C=O) groups excluding carboxylic acids is 1. The van der Waals surface area contributed by atoms with Crippen molar-refractivity contribution in [2.45, 2.75) is 0 Å². The number of ether oxygens (including phenoxy) is 2. The molecule has 0 spiro atoms. The van der Waals surface area contributed by atoms with E-state index in [-0.39, 0.29) is 5.91 Å². The largest absolute Gasteiger partial charge is 0.497 e. The van der Waals surface area contributed by atoms with Gasteiger partial charge >= 0.3 is 0 Å². The van der Waals surface area contributed by atoms with Gasteiger partial charge in [-0.05, 0) is 35.9 Å². The summed E-state index contributed by atoms with van der Waals surface area (Å²) in [4.78, 5) is 18.6. The minimum absolute atomic E-state index is 0.205. The van der Waals surface area contributed by atoms with Crippen LogP contribution < -0.4 is 15.0 Å². The van der Waals surface area contributed by atoms with E-state index in [0.717, 1.165) is 43.4 Å². The van der Waals surface area contributed by atoms with Crippen molar-refractivity contribution in [3.63, 3.8) is 0 Å². The van der Waals surface area contributed by atoms with Gasteiger partial charge in [-0.15, -0.1) is 0 Å². The summed E-state index contributed by atoms with van der Waals surface area (Å²) in [5.74, 6) is 1.45. The highest BCUT2D eigenvalue weighted by Gasteiger charge is 2.12. The van der Waals surface area contributed by atoms with Crippen molar-refractivity contribution in [1.82, 2.24) is 4.98 Å². The highest BCUT2D eigenvalue weighted by atomic mass is 16.5. The van der Waals surface area contributed by atoms with Crippen molar-refractivity contribution in [3.05, 3.63) is 54.2 Å². The Morgan fingerprint density at radius 1 is 1.28 bits per heavy atom. The lowest BCUT2D eigenvalue weighted by atomic mass is 10.2. The normalized spacial score (nSPS) is 14.5. The standard InChI is InChI=1S/C19H21N3O3/c1-24-17-4-2-3-15(13-17)5-8-19(23)21-16-6-7-18(20-14-16)22-9-11-25-12-10-22/h2-8,13-14H,9-12H2,1H3,(H,21,23)/b8-5+. The van der Waals surface area contributed by atoms with Crippen molar-refractivity contribution < 1.29 is 14.3 Å². The van der Waals surface area contributed by atoms with Gasteiger partial charge in [0.05, 0.1) is 32.2 Å². The van der Waals surface area contributed by atoms with Crippen LogP contribution >= 0.6 is 0 Å². The molecule has 1 aromatic heterocycles. The Morgan fingerprint density at radius 3 is 2.84 bits per heavy atom. The summed E-state index contributed by atoms with van der Waals surface area (Å²) in [5, 5.41) is 2.81. The smallest absolute Gasteiger partial charge is 0.248 e. The molecule has 130 valence electrons. The van der Waals surface area contributed by atoms with Crippen LogP contribution in [0.2, 0.25) is 0 Å².